The Balaban J connectivity index is 2.09. The van der Waals surface area contributed by atoms with E-state index in [9.17, 15) is 0 Å². The van der Waals surface area contributed by atoms with Gasteiger partial charge in [-0.25, -0.2) is 0 Å². The van der Waals surface area contributed by atoms with Crippen molar-refractivity contribution >= 4 is 33.2 Å². The summed E-state index contributed by atoms with van der Waals surface area (Å²) in [5, 5.41) is 13.3. The van der Waals surface area contributed by atoms with Crippen LogP contribution in [-0.2, 0) is 0 Å². The Morgan fingerprint density at radius 1 is 1.35 bits per heavy atom. The topological polar surface area (TPSA) is 35.8 Å². The molecule has 1 aliphatic rings. The molecule has 1 aliphatic carbocycles. The second-order valence-electron chi connectivity index (χ2n) is 4.40. The number of anilines is 1. The summed E-state index contributed by atoms with van der Waals surface area (Å²) in [5.41, 5.74) is 1.02. The molecule has 2 nitrogen and oxygen atoms in total. The summed E-state index contributed by atoms with van der Waals surface area (Å²) in [6.45, 7) is 0. The van der Waals surface area contributed by atoms with Crippen LogP contribution in [0.1, 0.15) is 25.7 Å². The molecule has 0 heterocycles. The van der Waals surface area contributed by atoms with Crippen molar-refractivity contribution in [3.63, 3.8) is 0 Å². The summed E-state index contributed by atoms with van der Waals surface area (Å²) in [4.78, 5) is 0. The molecule has 0 saturated heterocycles. The zero-order valence-electron chi connectivity index (χ0n) is 9.42. The molecule has 2 atom stereocenters. The van der Waals surface area contributed by atoms with Crippen LogP contribution in [0, 0.1) is 17.2 Å². The predicted octanol–water partition coefficient (Wildman–Crippen LogP) is 4.60. The van der Waals surface area contributed by atoms with Gasteiger partial charge in [-0.1, -0.05) is 24.4 Å². The number of benzene rings is 1. The number of nitriles is 1. The molecule has 2 rings (SSSR count). The van der Waals surface area contributed by atoms with Crippen molar-refractivity contribution in [2.75, 3.05) is 5.32 Å². The highest BCUT2D eigenvalue weighted by atomic mass is 79.9. The maximum absolute atomic E-state index is 9.12. The van der Waals surface area contributed by atoms with Gasteiger partial charge in [0.1, 0.15) is 0 Å². The SMILES string of the molecule is N#CC1CCCCC1Nc1ccc(Cl)c(Br)c1. The fourth-order valence-electron chi connectivity index (χ4n) is 2.26. The molecule has 0 radical (unpaired) electrons. The molecule has 1 N–H and O–H groups in total. The number of hydrogen-bond donors (Lipinski definition) is 1. The van der Waals surface area contributed by atoms with E-state index >= 15 is 0 Å². The van der Waals surface area contributed by atoms with E-state index in [1.54, 1.807) is 0 Å². The molecule has 0 amide bonds. The molecule has 4 heteroatoms. The van der Waals surface area contributed by atoms with E-state index < -0.39 is 0 Å². The van der Waals surface area contributed by atoms with Crippen LogP contribution >= 0.6 is 27.5 Å². The van der Waals surface area contributed by atoms with Crippen molar-refractivity contribution in [2.45, 2.75) is 31.7 Å². The summed E-state index contributed by atoms with van der Waals surface area (Å²) >= 11 is 9.36. The molecule has 0 aromatic heterocycles. The Labute approximate surface area is 115 Å². The van der Waals surface area contributed by atoms with Crippen LogP contribution in [0.4, 0.5) is 5.69 Å². The van der Waals surface area contributed by atoms with Gasteiger partial charge >= 0.3 is 0 Å². The standard InChI is InChI=1S/C13H14BrClN2/c14-11-7-10(5-6-12(11)15)17-13-4-2-1-3-9(13)8-16/h5-7,9,13,17H,1-4H2. The third kappa shape index (κ3) is 3.14. The Kier molecular flexibility index (Phi) is 4.31. The first kappa shape index (κ1) is 12.7. The van der Waals surface area contributed by atoms with Crippen molar-refractivity contribution in [1.29, 1.82) is 5.26 Å². The van der Waals surface area contributed by atoms with Crippen LogP contribution in [0.5, 0.6) is 0 Å². The summed E-state index contributed by atoms with van der Waals surface area (Å²) in [7, 11) is 0. The fraction of sp³-hybridized carbons (Fsp3) is 0.462. The van der Waals surface area contributed by atoms with E-state index in [1.165, 1.54) is 12.8 Å². The Hall–Kier alpha value is -0.720. The zero-order valence-corrected chi connectivity index (χ0v) is 11.8. The highest BCUT2D eigenvalue weighted by Crippen LogP contribution is 2.30. The number of hydrogen-bond acceptors (Lipinski definition) is 2. The van der Waals surface area contributed by atoms with Crippen LogP contribution in [0.15, 0.2) is 22.7 Å². The molecular formula is C13H14BrClN2. The first-order chi connectivity index (χ1) is 8.20. The molecule has 1 aromatic rings. The monoisotopic (exact) mass is 312 g/mol. The molecule has 0 spiro atoms. The average Bonchev–Trinajstić information content (AvgIpc) is 2.34. The molecule has 17 heavy (non-hydrogen) atoms. The van der Waals surface area contributed by atoms with Gasteiger partial charge in [0, 0.05) is 16.2 Å². The molecule has 90 valence electrons. The minimum atomic E-state index is 0.123. The summed E-state index contributed by atoms with van der Waals surface area (Å²) in [6, 6.07) is 8.44. The van der Waals surface area contributed by atoms with Crippen molar-refractivity contribution in [2.24, 2.45) is 5.92 Å². The van der Waals surface area contributed by atoms with E-state index in [2.05, 4.69) is 27.3 Å². The Morgan fingerprint density at radius 2 is 2.12 bits per heavy atom. The second kappa shape index (κ2) is 5.75. The molecule has 2 unspecified atom stereocenters. The first-order valence-electron chi connectivity index (χ1n) is 5.82. The van der Waals surface area contributed by atoms with E-state index in [0.717, 1.165) is 23.0 Å². The predicted molar refractivity (Wildman–Crippen MR) is 74.1 cm³/mol. The van der Waals surface area contributed by atoms with Crippen molar-refractivity contribution < 1.29 is 0 Å². The van der Waals surface area contributed by atoms with Gasteiger partial charge in [0.25, 0.3) is 0 Å². The van der Waals surface area contributed by atoms with Crippen LogP contribution in [0.3, 0.4) is 0 Å². The van der Waals surface area contributed by atoms with Gasteiger partial charge in [0.2, 0.25) is 0 Å². The van der Waals surface area contributed by atoms with E-state index in [1.807, 2.05) is 18.2 Å². The van der Waals surface area contributed by atoms with E-state index in [4.69, 9.17) is 16.9 Å². The largest absolute Gasteiger partial charge is 0.381 e. The highest BCUT2D eigenvalue weighted by Gasteiger charge is 2.24. The van der Waals surface area contributed by atoms with Crippen molar-refractivity contribution in [3.05, 3.63) is 27.7 Å². The van der Waals surface area contributed by atoms with Crippen molar-refractivity contribution in [3.8, 4) is 6.07 Å². The zero-order chi connectivity index (χ0) is 12.3. The van der Waals surface area contributed by atoms with Crippen LogP contribution in [0.2, 0.25) is 5.02 Å². The number of halogens is 2. The first-order valence-corrected chi connectivity index (χ1v) is 6.99. The molecule has 1 fully saturated rings. The third-order valence-electron chi connectivity index (χ3n) is 3.20. The lowest BCUT2D eigenvalue weighted by Gasteiger charge is -2.28. The molecule has 1 aromatic carbocycles. The number of nitrogens with zero attached hydrogens (tertiary/aromatic N) is 1. The summed E-state index contributed by atoms with van der Waals surface area (Å²) in [5.74, 6) is 0.123. The molecule has 0 aliphatic heterocycles. The minimum Gasteiger partial charge on any atom is -0.381 e. The van der Waals surface area contributed by atoms with Crippen molar-refractivity contribution in [1.82, 2.24) is 0 Å². The van der Waals surface area contributed by atoms with Gasteiger partial charge in [-0.3, -0.25) is 0 Å². The van der Waals surface area contributed by atoms with E-state index in [0.29, 0.717) is 5.02 Å². The fourth-order valence-corrected chi connectivity index (χ4v) is 2.75. The highest BCUT2D eigenvalue weighted by molar-refractivity contribution is 9.10. The third-order valence-corrected chi connectivity index (χ3v) is 4.42. The Bertz CT molecular complexity index is 442. The lowest BCUT2D eigenvalue weighted by atomic mass is 9.85. The molecular weight excluding hydrogens is 300 g/mol. The van der Waals surface area contributed by atoms with Crippen LogP contribution in [0.25, 0.3) is 0 Å². The maximum atomic E-state index is 9.12. The average molecular weight is 314 g/mol. The Morgan fingerprint density at radius 3 is 2.82 bits per heavy atom. The molecule has 1 saturated carbocycles. The maximum Gasteiger partial charge on any atom is 0.0677 e. The number of rotatable bonds is 2. The quantitative estimate of drug-likeness (QED) is 0.866. The summed E-state index contributed by atoms with van der Waals surface area (Å²) < 4.78 is 0.883. The lowest BCUT2D eigenvalue weighted by Crippen LogP contribution is -2.31. The van der Waals surface area contributed by atoms with E-state index in [-0.39, 0.29) is 12.0 Å². The second-order valence-corrected chi connectivity index (χ2v) is 5.66. The van der Waals surface area contributed by atoms with Gasteiger partial charge in [-0.05, 0) is 47.0 Å². The van der Waals surface area contributed by atoms with Crippen LogP contribution < -0.4 is 5.32 Å². The summed E-state index contributed by atoms with van der Waals surface area (Å²) in [6.07, 6.45) is 4.44. The molecule has 0 bridgehead atoms. The van der Waals surface area contributed by atoms with Gasteiger partial charge in [0.05, 0.1) is 17.0 Å². The smallest absolute Gasteiger partial charge is 0.0677 e. The van der Waals surface area contributed by atoms with Crippen LogP contribution in [-0.4, -0.2) is 6.04 Å². The minimum absolute atomic E-state index is 0.123. The van der Waals surface area contributed by atoms with Gasteiger partial charge < -0.3 is 5.32 Å². The van der Waals surface area contributed by atoms with Gasteiger partial charge in [0.15, 0.2) is 0 Å². The van der Waals surface area contributed by atoms with Gasteiger partial charge in [-0.2, -0.15) is 5.26 Å². The lowest BCUT2D eigenvalue weighted by molar-refractivity contribution is 0.389. The van der Waals surface area contributed by atoms with Gasteiger partial charge in [-0.15, -0.1) is 0 Å². The number of nitrogens with one attached hydrogen (secondary N) is 1. The normalized spacial score (nSPS) is 24.1.